The quantitative estimate of drug-likeness (QED) is 0.803. The molecule has 0 amide bonds. The van der Waals surface area contributed by atoms with E-state index < -0.39 is 5.97 Å². The highest BCUT2D eigenvalue weighted by Gasteiger charge is 2.35. The molecule has 0 unspecified atom stereocenters. The topological polar surface area (TPSA) is 74.6 Å². The van der Waals surface area contributed by atoms with E-state index in [1.165, 1.54) is 6.07 Å². The summed E-state index contributed by atoms with van der Waals surface area (Å²) < 4.78 is 0. The highest BCUT2D eigenvalue weighted by atomic mass is 16.4. The number of benzene rings is 1. The first-order valence-corrected chi connectivity index (χ1v) is 6.13. The van der Waals surface area contributed by atoms with Crippen LogP contribution >= 0.6 is 0 Å². The predicted octanol–water partition coefficient (Wildman–Crippen LogP) is 2.47. The Hall–Kier alpha value is -1.84. The second-order valence-electron chi connectivity index (χ2n) is 4.78. The van der Waals surface area contributed by atoms with E-state index in [1.54, 1.807) is 18.2 Å². The number of ketones is 1. The van der Waals surface area contributed by atoms with E-state index in [0.29, 0.717) is 12.0 Å². The molecule has 0 aliphatic heterocycles. The minimum Gasteiger partial charge on any atom is -0.507 e. The molecule has 0 bridgehead atoms. The lowest BCUT2D eigenvalue weighted by atomic mass is 9.86. The van der Waals surface area contributed by atoms with Crippen molar-refractivity contribution in [2.75, 3.05) is 0 Å². The largest absolute Gasteiger partial charge is 0.507 e. The number of hydrogen-bond acceptors (Lipinski definition) is 3. The zero-order chi connectivity index (χ0) is 13.1. The number of phenolic OH excluding ortho intramolecular Hbond substituents is 1. The monoisotopic (exact) mass is 248 g/mol. The molecule has 1 aliphatic rings. The van der Waals surface area contributed by atoms with E-state index in [0.717, 1.165) is 12.8 Å². The Morgan fingerprint density at radius 3 is 2.61 bits per heavy atom. The van der Waals surface area contributed by atoms with Gasteiger partial charge in [-0.3, -0.25) is 9.59 Å². The minimum atomic E-state index is -0.864. The minimum absolute atomic E-state index is 0.0246. The number of phenols is 1. The third-order valence-electron chi connectivity index (χ3n) is 3.60. The van der Waals surface area contributed by atoms with Crippen molar-refractivity contribution in [2.45, 2.75) is 25.7 Å². The van der Waals surface area contributed by atoms with Gasteiger partial charge in [-0.15, -0.1) is 0 Å². The average molecular weight is 248 g/mol. The third-order valence-corrected chi connectivity index (χ3v) is 3.60. The van der Waals surface area contributed by atoms with Crippen molar-refractivity contribution in [3.63, 3.8) is 0 Å². The van der Waals surface area contributed by atoms with Crippen molar-refractivity contribution < 1.29 is 19.8 Å². The number of aromatic hydroxyl groups is 1. The molecule has 96 valence electrons. The van der Waals surface area contributed by atoms with E-state index in [-0.39, 0.29) is 29.8 Å². The molecule has 1 aliphatic carbocycles. The summed E-state index contributed by atoms with van der Waals surface area (Å²) in [7, 11) is 0. The summed E-state index contributed by atoms with van der Waals surface area (Å²) in [5, 5.41) is 18.5. The molecule has 0 spiro atoms. The molecule has 4 heteroatoms. The molecule has 2 atom stereocenters. The summed E-state index contributed by atoms with van der Waals surface area (Å²) in [6.07, 6.45) is 2.40. The van der Waals surface area contributed by atoms with Crippen LogP contribution in [0.1, 0.15) is 36.0 Å². The smallest absolute Gasteiger partial charge is 0.303 e. The van der Waals surface area contributed by atoms with Gasteiger partial charge in [0.2, 0.25) is 0 Å². The normalized spacial score (nSPS) is 22.9. The fourth-order valence-electron chi connectivity index (χ4n) is 2.73. The average Bonchev–Trinajstić information content (AvgIpc) is 2.76. The molecular weight excluding hydrogens is 232 g/mol. The highest BCUT2D eigenvalue weighted by Crippen LogP contribution is 2.37. The maximum absolute atomic E-state index is 12.3. The summed E-state index contributed by atoms with van der Waals surface area (Å²) in [5.74, 6) is -1.39. The number of carbonyl (C=O) groups excluding carboxylic acids is 1. The van der Waals surface area contributed by atoms with Crippen LogP contribution in [0.2, 0.25) is 0 Å². The first-order chi connectivity index (χ1) is 8.59. The van der Waals surface area contributed by atoms with Crippen LogP contribution in [0.5, 0.6) is 5.75 Å². The van der Waals surface area contributed by atoms with Crippen molar-refractivity contribution in [3.05, 3.63) is 29.8 Å². The molecule has 2 N–H and O–H groups in total. The van der Waals surface area contributed by atoms with E-state index >= 15 is 0 Å². The molecule has 4 nitrogen and oxygen atoms in total. The van der Waals surface area contributed by atoms with Gasteiger partial charge in [0.1, 0.15) is 5.75 Å². The number of rotatable bonds is 4. The molecule has 1 aromatic carbocycles. The zero-order valence-electron chi connectivity index (χ0n) is 10.0. The molecular formula is C14H16O4. The number of carboxylic acids is 1. The number of aliphatic carboxylic acids is 1. The predicted molar refractivity (Wildman–Crippen MR) is 65.5 cm³/mol. The Bertz CT molecular complexity index is 467. The van der Waals surface area contributed by atoms with Crippen LogP contribution in [-0.4, -0.2) is 22.0 Å². The number of carbonyl (C=O) groups is 2. The second kappa shape index (κ2) is 5.21. The Morgan fingerprint density at radius 2 is 1.94 bits per heavy atom. The van der Waals surface area contributed by atoms with Crippen LogP contribution in [0, 0.1) is 11.8 Å². The Morgan fingerprint density at radius 1 is 1.22 bits per heavy atom. The lowest BCUT2D eigenvalue weighted by Gasteiger charge is -2.17. The maximum Gasteiger partial charge on any atom is 0.303 e. The van der Waals surface area contributed by atoms with Crippen molar-refractivity contribution in [1.82, 2.24) is 0 Å². The first-order valence-electron chi connectivity index (χ1n) is 6.13. The third kappa shape index (κ3) is 2.53. The van der Waals surface area contributed by atoms with Crippen molar-refractivity contribution >= 4 is 11.8 Å². The van der Waals surface area contributed by atoms with Gasteiger partial charge >= 0.3 is 5.97 Å². The summed E-state index contributed by atoms with van der Waals surface area (Å²) in [5.41, 5.74) is 0.305. The Labute approximate surface area is 105 Å². The molecule has 1 saturated carbocycles. The Balaban J connectivity index is 2.18. The summed E-state index contributed by atoms with van der Waals surface area (Å²) >= 11 is 0. The number of Topliss-reactive ketones (excluding diaryl/α,β-unsaturated/α-hetero) is 1. The fourth-order valence-corrected chi connectivity index (χ4v) is 2.73. The standard InChI is InChI=1S/C14H16O4/c15-12-7-2-1-5-11(12)14(18)10-6-3-4-9(10)8-13(16)17/h1-2,5,7,9-10,15H,3-4,6,8H2,(H,16,17)/t9-,10+/m0/s1. The second-order valence-corrected chi connectivity index (χ2v) is 4.78. The lowest BCUT2D eigenvalue weighted by molar-refractivity contribution is -0.138. The Kier molecular flexibility index (Phi) is 3.65. The maximum atomic E-state index is 12.3. The number of hydrogen-bond donors (Lipinski definition) is 2. The number of carboxylic acid groups (broad SMARTS) is 1. The molecule has 0 radical (unpaired) electrons. The van der Waals surface area contributed by atoms with Gasteiger partial charge in [0, 0.05) is 12.3 Å². The summed E-state index contributed by atoms with van der Waals surface area (Å²) in [6, 6.07) is 6.44. The highest BCUT2D eigenvalue weighted by molar-refractivity contribution is 6.00. The van der Waals surface area contributed by atoms with Gasteiger partial charge in [0.15, 0.2) is 5.78 Å². The molecule has 0 heterocycles. The zero-order valence-corrected chi connectivity index (χ0v) is 10.0. The molecule has 2 rings (SSSR count). The van der Waals surface area contributed by atoms with Gasteiger partial charge in [0.25, 0.3) is 0 Å². The SMILES string of the molecule is O=C(O)C[C@@H]1CCC[C@H]1C(=O)c1ccccc1O. The summed E-state index contributed by atoms with van der Waals surface area (Å²) in [4.78, 5) is 23.1. The number of para-hydroxylation sites is 1. The van der Waals surface area contributed by atoms with E-state index in [4.69, 9.17) is 5.11 Å². The fraction of sp³-hybridized carbons (Fsp3) is 0.429. The molecule has 18 heavy (non-hydrogen) atoms. The molecule has 1 fully saturated rings. The van der Waals surface area contributed by atoms with Crippen LogP contribution in [0.4, 0.5) is 0 Å². The van der Waals surface area contributed by atoms with Crippen LogP contribution in [-0.2, 0) is 4.79 Å². The van der Waals surface area contributed by atoms with Crippen molar-refractivity contribution in [1.29, 1.82) is 0 Å². The first kappa shape index (κ1) is 12.6. The van der Waals surface area contributed by atoms with Gasteiger partial charge in [-0.05, 0) is 30.9 Å². The van der Waals surface area contributed by atoms with E-state index in [1.807, 2.05) is 0 Å². The van der Waals surface area contributed by atoms with E-state index in [2.05, 4.69) is 0 Å². The van der Waals surface area contributed by atoms with Crippen LogP contribution < -0.4 is 0 Å². The molecule has 1 aromatic rings. The summed E-state index contributed by atoms with van der Waals surface area (Å²) in [6.45, 7) is 0. The van der Waals surface area contributed by atoms with Gasteiger partial charge in [-0.25, -0.2) is 0 Å². The van der Waals surface area contributed by atoms with Gasteiger partial charge in [-0.1, -0.05) is 18.6 Å². The van der Waals surface area contributed by atoms with Crippen LogP contribution in [0.3, 0.4) is 0 Å². The van der Waals surface area contributed by atoms with Crippen LogP contribution in [0.15, 0.2) is 24.3 Å². The van der Waals surface area contributed by atoms with Crippen molar-refractivity contribution in [3.8, 4) is 5.75 Å². The lowest BCUT2D eigenvalue weighted by Crippen LogP contribution is -2.21. The van der Waals surface area contributed by atoms with Gasteiger partial charge in [-0.2, -0.15) is 0 Å². The molecule has 0 saturated heterocycles. The molecule has 0 aromatic heterocycles. The van der Waals surface area contributed by atoms with Gasteiger partial charge < -0.3 is 10.2 Å². The van der Waals surface area contributed by atoms with Crippen LogP contribution in [0.25, 0.3) is 0 Å². The van der Waals surface area contributed by atoms with Crippen molar-refractivity contribution in [2.24, 2.45) is 11.8 Å². The van der Waals surface area contributed by atoms with E-state index in [9.17, 15) is 14.7 Å². The van der Waals surface area contributed by atoms with Gasteiger partial charge in [0.05, 0.1) is 5.56 Å².